The molecule has 0 radical (unpaired) electrons. The summed E-state index contributed by atoms with van der Waals surface area (Å²) >= 11 is 0. The van der Waals surface area contributed by atoms with Gasteiger partial charge in [-0.1, -0.05) is 49.1 Å². The molecule has 0 amide bonds. The van der Waals surface area contributed by atoms with Gasteiger partial charge in [-0.25, -0.2) is 4.98 Å². The number of imidazole rings is 1. The van der Waals surface area contributed by atoms with Crippen LogP contribution >= 0.6 is 0 Å². The summed E-state index contributed by atoms with van der Waals surface area (Å²) in [7, 11) is 3.66. The van der Waals surface area contributed by atoms with E-state index < -0.39 is 0 Å². The van der Waals surface area contributed by atoms with Crippen molar-refractivity contribution >= 4 is 0 Å². The number of rotatable bonds is 9. The molecular formula is C22H25N3O2. The Bertz CT molecular complexity index is 874. The van der Waals surface area contributed by atoms with Crippen molar-refractivity contribution < 1.29 is 9.47 Å². The first-order valence-corrected chi connectivity index (χ1v) is 8.89. The van der Waals surface area contributed by atoms with Crippen molar-refractivity contribution in [3.8, 4) is 11.5 Å². The van der Waals surface area contributed by atoms with Gasteiger partial charge in [-0.15, -0.1) is 0 Å². The van der Waals surface area contributed by atoms with Crippen molar-refractivity contribution in [2.45, 2.75) is 12.6 Å². The van der Waals surface area contributed by atoms with Gasteiger partial charge in [0.15, 0.2) is 11.5 Å². The van der Waals surface area contributed by atoms with Gasteiger partial charge < -0.3 is 14.0 Å². The average molecular weight is 363 g/mol. The number of nitrogens with one attached hydrogen (secondary N) is 1. The molecule has 3 rings (SSSR count). The molecule has 0 aliphatic rings. The first-order chi connectivity index (χ1) is 13.2. The molecule has 1 unspecified atom stereocenters. The molecule has 0 fully saturated rings. The molecule has 0 spiro atoms. The molecule has 1 N–H and O–H groups in total. The molecule has 5 heteroatoms. The minimum absolute atomic E-state index is 0.00566. The Balaban J connectivity index is 1.79. The summed E-state index contributed by atoms with van der Waals surface area (Å²) in [5.74, 6) is 2.40. The summed E-state index contributed by atoms with van der Waals surface area (Å²) in [6, 6.07) is 16.3. The molecule has 3 aromatic rings. The first-order valence-electron chi connectivity index (χ1n) is 8.89. The van der Waals surface area contributed by atoms with Gasteiger partial charge in [0.25, 0.3) is 0 Å². The molecule has 0 bridgehead atoms. The van der Waals surface area contributed by atoms with Gasteiger partial charge in [-0.3, -0.25) is 5.32 Å². The van der Waals surface area contributed by atoms with E-state index in [4.69, 9.17) is 9.47 Å². The lowest BCUT2D eigenvalue weighted by molar-refractivity contribution is 0.326. The second-order valence-electron chi connectivity index (χ2n) is 6.21. The number of aryl methyl sites for hydroxylation is 1. The number of benzene rings is 2. The molecule has 140 valence electrons. The SMILES string of the molecule is C=CCOc1ccc(CNC(c2ccccc2)c2nccn2C)cc1OC. The number of aromatic nitrogens is 2. The zero-order valence-electron chi connectivity index (χ0n) is 15.8. The summed E-state index contributed by atoms with van der Waals surface area (Å²) in [6.07, 6.45) is 5.50. The van der Waals surface area contributed by atoms with Gasteiger partial charge in [0, 0.05) is 26.0 Å². The quantitative estimate of drug-likeness (QED) is 0.586. The Morgan fingerprint density at radius 3 is 2.67 bits per heavy atom. The molecule has 1 heterocycles. The van der Waals surface area contributed by atoms with Crippen LogP contribution in [0.25, 0.3) is 0 Å². The lowest BCUT2D eigenvalue weighted by Gasteiger charge is -2.20. The zero-order valence-corrected chi connectivity index (χ0v) is 15.8. The number of hydrogen-bond acceptors (Lipinski definition) is 4. The van der Waals surface area contributed by atoms with Crippen LogP contribution in [0.1, 0.15) is 23.0 Å². The fourth-order valence-electron chi connectivity index (χ4n) is 2.97. The van der Waals surface area contributed by atoms with E-state index >= 15 is 0 Å². The number of nitrogens with zero attached hydrogens (tertiary/aromatic N) is 2. The third-order valence-corrected chi connectivity index (χ3v) is 4.34. The summed E-state index contributed by atoms with van der Waals surface area (Å²) < 4.78 is 13.1. The monoisotopic (exact) mass is 363 g/mol. The van der Waals surface area contributed by atoms with Gasteiger partial charge in [0.05, 0.1) is 13.2 Å². The molecule has 1 atom stereocenters. The lowest BCUT2D eigenvalue weighted by Crippen LogP contribution is -2.24. The zero-order chi connectivity index (χ0) is 19.1. The normalized spacial score (nSPS) is 11.8. The molecule has 1 aromatic heterocycles. The van der Waals surface area contributed by atoms with Gasteiger partial charge in [-0.05, 0) is 23.3 Å². The number of hydrogen-bond donors (Lipinski definition) is 1. The Morgan fingerprint density at radius 2 is 2.00 bits per heavy atom. The molecule has 0 aliphatic carbocycles. The van der Waals surface area contributed by atoms with Crippen LogP contribution in [0.3, 0.4) is 0 Å². The summed E-state index contributed by atoms with van der Waals surface area (Å²) in [6.45, 7) is 4.79. The minimum atomic E-state index is -0.00566. The van der Waals surface area contributed by atoms with E-state index in [0.29, 0.717) is 24.7 Å². The van der Waals surface area contributed by atoms with Crippen molar-refractivity contribution in [2.75, 3.05) is 13.7 Å². The van der Waals surface area contributed by atoms with Crippen LogP contribution in [0.5, 0.6) is 11.5 Å². The van der Waals surface area contributed by atoms with Crippen LogP contribution < -0.4 is 14.8 Å². The van der Waals surface area contributed by atoms with E-state index in [2.05, 4.69) is 29.0 Å². The predicted octanol–water partition coefficient (Wildman–Crippen LogP) is 3.87. The van der Waals surface area contributed by atoms with E-state index in [9.17, 15) is 0 Å². The number of methoxy groups -OCH3 is 1. The topological polar surface area (TPSA) is 48.3 Å². The van der Waals surface area contributed by atoms with Gasteiger partial charge >= 0.3 is 0 Å². The highest BCUT2D eigenvalue weighted by Crippen LogP contribution is 2.29. The molecule has 0 aliphatic heterocycles. The Labute approximate surface area is 160 Å². The summed E-state index contributed by atoms with van der Waals surface area (Å²) in [5, 5.41) is 3.61. The molecule has 0 saturated carbocycles. The maximum absolute atomic E-state index is 5.62. The summed E-state index contributed by atoms with van der Waals surface area (Å²) in [4.78, 5) is 4.53. The lowest BCUT2D eigenvalue weighted by atomic mass is 10.1. The molecule has 27 heavy (non-hydrogen) atoms. The predicted molar refractivity (Wildman–Crippen MR) is 107 cm³/mol. The molecule has 5 nitrogen and oxygen atoms in total. The second-order valence-corrected chi connectivity index (χ2v) is 6.21. The third-order valence-electron chi connectivity index (χ3n) is 4.34. The number of ether oxygens (including phenoxy) is 2. The van der Waals surface area contributed by atoms with Crippen molar-refractivity contribution in [3.63, 3.8) is 0 Å². The Morgan fingerprint density at radius 1 is 1.19 bits per heavy atom. The van der Waals surface area contributed by atoms with Crippen LogP contribution in [-0.4, -0.2) is 23.3 Å². The van der Waals surface area contributed by atoms with Crippen LogP contribution in [0.15, 0.2) is 73.6 Å². The highest BCUT2D eigenvalue weighted by molar-refractivity contribution is 5.43. The maximum Gasteiger partial charge on any atom is 0.161 e. The first kappa shape index (κ1) is 18.7. The largest absolute Gasteiger partial charge is 0.493 e. The third kappa shape index (κ3) is 4.57. The summed E-state index contributed by atoms with van der Waals surface area (Å²) in [5.41, 5.74) is 2.28. The van der Waals surface area contributed by atoms with Gasteiger partial charge in [-0.2, -0.15) is 0 Å². The van der Waals surface area contributed by atoms with Crippen molar-refractivity contribution in [2.24, 2.45) is 7.05 Å². The van der Waals surface area contributed by atoms with Crippen LogP contribution in [-0.2, 0) is 13.6 Å². The highest BCUT2D eigenvalue weighted by Gasteiger charge is 2.18. The van der Waals surface area contributed by atoms with Gasteiger partial charge in [0.2, 0.25) is 0 Å². The minimum Gasteiger partial charge on any atom is -0.493 e. The Hall–Kier alpha value is -3.05. The van der Waals surface area contributed by atoms with Gasteiger partial charge in [0.1, 0.15) is 12.4 Å². The smallest absolute Gasteiger partial charge is 0.161 e. The fraction of sp³-hybridized carbons (Fsp3) is 0.227. The van der Waals surface area contributed by atoms with Crippen molar-refractivity contribution in [1.82, 2.24) is 14.9 Å². The van der Waals surface area contributed by atoms with Crippen LogP contribution in [0.4, 0.5) is 0 Å². The fourth-order valence-corrected chi connectivity index (χ4v) is 2.97. The molecule has 0 saturated heterocycles. The van der Waals surface area contributed by atoms with E-state index in [0.717, 1.165) is 11.4 Å². The van der Waals surface area contributed by atoms with E-state index in [-0.39, 0.29) is 6.04 Å². The second kappa shape index (κ2) is 9.05. The van der Waals surface area contributed by atoms with Crippen molar-refractivity contribution in [1.29, 1.82) is 0 Å². The highest BCUT2D eigenvalue weighted by atomic mass is 16.5. The maximum atomic E-state index is 5.62. The average Bonchev–Trinajstić information content (AvgIpc) is 3.13. The standard InChI is InChI=1S/C22H25N3O2/c1-4-14-27-19-11-10-17(15-20(19)26-3)16-24-21(18-8-6-5-7-9-18)22-23-12-13-25(22)2/h4-13,15,21,24H,1,14,16H2,2-3H3. The van der Waals surface area contributed by atoms with Crippen LogP contribution in [0, 0.1) is 0 Å². The van der Waals surface area contributed by atoms with E-state index in [1.54, 1.807) is 13.2 Å². The van der Waals surface area contributed by atoms with Crippen LogP contribution in [0.2, 0.25) is 0 Å². The van der Waals surface area contributed by atoms with E-state index in [1.807, 2.05) is 60.4 Å². The van der Waals surface area contributed by atoms with E-state index in [1.165, 1.54) is 5.56 Å². The molecular weight excluding hydrogens is 338 g/mol. The van der Waals surface area contributed by atoms with Crippen molar-refractivity contribution in [3.05, 3.63) is 90.5 Å². The molecule has 2 aromatic carbocycles. The Kier molecular flexibility index (Phi) is 6.28.